The van der Waals surface area contributed by atoms with Crippen molar-refractivity contribution in [2.75, 3.05) is 13.7 Å². The number of rotatable bonds is 6. The maximum absolute atomic E-state index is 11.5. The van der Waals surface area contributed by atoms with Crippen molar-refractivity contribution in [2.45, 2.75) is 38.5 Å². The quantitative estimate of drug-likeness (QED) is 0.517. The lowest BCUT2D eigenvalue weighted by molar-refractivity contribution is -0.127. The zero-order valence-electron chi connectivity index (χ0n) is 10.8. The number of carbonyl (C=O) groups excluding carboxylic acids is 2. The van der Waals surface area contributed by atoms with Gasteiger partial charge in [-0.1, -0.05) is 6.92 Å². The monoisotopic (exact) mass is 256 g/mol. The highest BCUT2D eigenvalue weighted by atomic mass is 16.5. The SMILES string of the molecule is CC/C(=C/N(C=O)C1CCC(CO)O1)C(=O)NC. The third kappa shape index (κ3) is 3.54. The molecule has 0 aromatic carbocycles. The van der Waals surface area contributed by atoms with Crippen LogP contribution in [0.3, 0.4) is 0 Å². The van der Waals surface area contributed by atoms with Gasteiger partial charge in [0.15, 0.2) is 0 Å². The fourth-order valence-corrected chi connectivity index (χ4v) is 1.87. The number of aliphatic hydroxyl groups excluding tert-OH is 1. The van der Waals surface area contributed by atoms with Crippen LogP contribution in [0.15, 0.2) is 11.8 Å². The maximum Gasteiger partial charge on any atom is 0.248 e. The minimum Gasteiger partial charge on any atom is -0.394 e. The molecule has 6 heteroatoms. The van der Waals surface area contributed by atoms with E-state index in [-0.39, 0.29) is 18.6 Å². The highest BCUT2D eigenvalue weighted by Crippen LogP contribution is 2.22. The van der Waals surface area contributed by atoms with Gasteiger partial charge < -0.3 is 15.2 Å². The molecule has 6 nitrogen and oxygen atoms in total. The first-order valence-electron chi connectivity index (χ1n) is 6.08. The van der Waals surface area contributed by atoms with Gasteiger partial charge in [-0.3, -0.25) is 14.5 Å². The summed E-state index contributed by atoms with van der Waals surface area (Å²) in [7, 11) is 1.55. The molecule has 102 valence electrons. The van der Waals surface area contributed by atoms with Crippen molar-refractivity contribution < 1.29 is 19.4 Å². The number of hydrogen-bond donors (Lipinski definition) is 2. The molecule has 2 N–H and O–H groups in total. The Morgan fingerprint density at radius 2 is 2.28 bits per heavy atom. The predicted octanol–water partition coefficient (Wildman–Crippen LogP) is -0.0179. The summed E-state index contributed by atoms with van der Waals surface area (Å²) in [6.07, 6.45) is 3.42. The van der Waals surface area contributed by atoms with Crippen LogP contribution in [0.5, 0.6) is 0 Å². The van der Waals surface area contributed by atoms with E-state index in [1.54, 1.807) is 7.05 Å². The lowest BCUT2D eigenvalue weighted by atomic mass is 10.2. The highest BCUT2D eigenvalue weighted by molar-refractivity contribution is 5.93. The lowest BCUT2D eigenvalue weighted by Crippen LogP contribution is -2.32. The summed E-state index contributed by atoms with van der Waals surface area (Å²) in [5, 5.41) is 11.5. The van der Waals surface area contributed by atoms with Crippen LogP contribution in [-0.4, -0.2) is 48.3 Å². The second-order valence-corrected chi connectivity index (χ2v) is 4.11. The Labute approximate surface area is 107 Å². The topological polar surface area (TPSA) is 78.9 Å². The van der Waals surface area contributed by atoms with E-state index < -0.39 is 6.23 Å². The maximum atomic E-state index is 11.5. The smallest absolute Gasteiger partial charge is 0.248 e. The lowest BCUT2D eigenvalue weighted by Gasteiger charge is -2.22. The zero-order chi connectivity index (χ0) is 13.5. The molecule has 1 heterocycles. The van der Waals surface area contributed by atoms with Crippen molar-refractivity contribution >= 4 is 12.3 Å². The summed E-state index contributed by atoms with van der Waals surface area (Å²) in [6, 6.07) is 0. The van der Waals surface area contributed by atoms with Gasteiger partial charge in [0.1, 0.15) is 6.23 Å². The van der Waals surface area contributed by atoms with E-state index in [1.807, 2.05) is 6.92 Å². The molecule has 0 aromatic heterocycles. The molecule has 0 bridgehead atoms. The molecular weight excluding hydrogens is 236 g/mol. The molecule has 2 amide bonds. The molecule has 2 atom stereocenters. The van der Waals surface area contributed by atoms with E-state index >= 15 is 0 Å². The molecule has 0 aromatic rings. The molecule has 0 saturated carbocycles. The van der Waals surface area contributed by atoms with E-state index in [4.69, 9.17) is 9.84 Å². The third-order valence-electron chi connectivity index (χ3n) is 2.95. The predicted molar refractivity (Wildman–Crippen MR) is 65.3 cm³/mol. The summed E-state index contributed by atoms with van der Waals surface area (Å²) in [5.74, 6) is -0.207. The van der Waals surface area contributed by atoms with Gasteiger partial charge in [-0.15, -0.1) is 0 Å². The molecule has 0 aliphatic carbocycles. The summed E-state index contributed by atoms with van der Waals surface area (Å²) in [4.78, 5) is 23.9. The second-order valence-electron chi connectivity index (χ2n) is 4.11. The number of amides is 2. The van der Waals surface area contributed by atoms with E-state index in [1.165, 1.54) is 11.1 Å². The van der Waals surface area contributed by atoms with E-state index in [2.05, 4.69) is 5.32 Å². The first-order chi connectivity index (χ1) is 8.65. The molecule has 18 heavy (non-hydrogen) atoms. The number of ether oxygens (including phenoxy) is 1. The first kappa shape index (κ1) is 14.7. The summed E-state index contributed by atoms with van der Waals surface area (Å²) >= 11 is 0. The molecular formula is C12H20N2O4. The zero-order valence-corrected chi connectivity index (χ0v) is 10.8. The first-order valence-corrected chi connectivity index (χ1v) is 6.08. The number of hydrogen-bond acceptors (Lipinski definition) is 4. The number of carbonyl (C=O) groups is 2. The number of nitrogens with zero attached hydrogens (tertiary/aromatic N) is 1. The number of aliphatic hydroxyl groups is 1. The van der Waals surface area contributed by atoms with Gasteiger partial charge in [0.05, 0.1) is 12.7 Å². The van der Waals surface area contributed by atoms with Gasteiger partial charge >= 0.3 is 0 Å². The Morgan fingerprint density at radius 3 is 2.72 bits per heavy atom. The Kier molecular flexibility index (Phi) is 5.80. The minimum atomic E-state index is -0.397. The van der Waals surface area contributed by atoms with Crippen molar-refractivity contribution in [3.8, 4) is 0 Å². The molecule has 1 saturated heterocycles. The van der Waals surface area contributed by atoms with Crippen LogP contribution in [-0.2, 0) is 14.3 Å². The Bertz CT molecular complexity index is 330. The Morgan fingerprint density at radius 1 is 1.56 bits per heavy atom. The van der Waals surface area contributed by atoms with Crippen LogP contribution >= 0.6 is 0 Å². The van der Waals surface area contributed by atoms with Gasteiger partial charge in [0, 0.05) is 18.8 Å². The van der Waals surface area contributed by atoms with E-state index in [0.29, 0.717) is 31.2 Å². The van der Waals surface area contributed by atoms with Gasteiger partial charge in [-0.25, -0.2) is 0 Å². The van der Waals surface area contributed by atoms with Crippen LogP contribution in [0.4, 0.5) is 0 Å². The summed E-state index contributed by atoms with van der Waals surface area (Å²) in [5.41, 5.74) is 0.514. The van der Waals surface area contributed by atoms with Crippen molar-refractivity contribution in [1.82, 2.24) is 10.2 Å². The largest absolute Gasteiger partial charge is 0.394 e. The van der Waals surface area contributed by atoms with Crippen LogP contribution < -0.4 is 5.32 Å². The Hall–Kier alpha value is -1.40. The average molecular weight is 256 g/mol. The van der Waals surface area contributed by atoms with E-state index in [0.717, 1.165) is 0 Å². The molecule has 1 aliphatic heterocycles. The number of nitrogens with one attached hydrogen (secondary N) is 1. The minimum absolute atomic E-state index is 0.0526. The standard InChI is InChI=1S/C12H20N2O4/c1-3-9(12(17)13-2)6-14(8-16)11-5-4-10(7-15)18-11/h6,8,10-11,15H,3-5,7H2,1-2H3,(H,13,17)/b9-6-. The molecule has 1 fully saturated rings. The fourth-order valence-electron chi connectivity index (χ4n) is 1.87. The van der Waals surface area contributed by atoms with Crippen LogP contribution in [0, 0.1) is 0 Å². The van der Waals surface area contributed by atoms with Crippen molar-refractivity contribution in [2.24, 2.45) is 0 Å². The van der Waals surface area contributed by atoms with Gasteiger partial charge in [0.2, 0.25) is 12.3 Å². The fraction of sp³-hybridized carbons (Fsp3) is 0.667. The number of likely N-dealkylation sites (N-methyl/N-ethyl adjacent to an activating group) is 1. The van der Waals surface area contributed by atoms with Crippen LogP contribution in [0.1, 0.15) is 26.2 Å². The van der Waals surface area contributed by atoms with E-state index in [9.17, 15) is 9.59 Å². The third-order valence-corrected chi connectivity index (χ3v) is 2.95. The van der Waals surface area contributed by atoms with Gasteiger partial charge in [0.25, 0.3) is 0 Å². The molecule has 1 aliphatic rings. The van der Waals surface area contributed by atoms with Crippen molar-refractivity contribution in [1.29, 1.82) is 0 Å². The van der Waals surface area contributed by atoms with Gasteiger partial charge in [-0.2, -0.15) is 0 Å². The second kappa shape index (κ2) is 7.13. The summed E-state index contributed by atoms with van der Waals surface area (Å²) < 4.78 is 5.49. The van der Waals surface area contributed by atoms with Gasteiger partial charge in [-0.05, 0) is 19.3 Å². The Balaban J connectivity index is 2.74. The van der Waals surface area contributed by atoms with Crippen LogP contribution in [0.2, 0.25) is 0 Å². The summed E-state index contributed by atoms with van der Waals surface area (Å²) in [6.45, 7) is 1.79. The molecule has 2 unspecified atom stereocenters. The molecule has 0 radical (unpaired) electrons. The highest BCUT2D eigenvalue weighted by Gasteiger charge is 2.28. The van der Waals surface area contributed by atoms with Crippen LogP contribution in [0.25, 0.3) is 0 Å². The van der Waals surface area contributed by atoms with Crippen molar-refractivity contribution in [3.63, 3.8) is 0 Å². The normalized spacial score (nSPS) is 23.8. The average Bonchev–Trinajstić information content (AvgIpc) is 2.88. The molecule has 1 rings (SSSR count). The molecule has 0 spiro atoms. The van der Waals surface area contributed by atoms with Crippen molar-refractivity contribution in [3.05, 3.63) is 11.8 Å².